The zero-order valence-corrected chi connectivity index (χ0v) is 7.94. The van der Waals surface area contributed by atoms with Crippen molar-refractivity contribution in [2.75, 3.05) is 0 Å². The Morgan fingerprint density at radius 1 is 1.29 bits per heavy atom. The molecular formula is C7H9N3O3S. The summed E-state index contributed by atoms with van der Waals surface area (Å²) < 4.78 is 22.8. The summed E-state index contributed by atoms with van der Waals surface area (Å²) in [6, 6.07) is 7.59. The maximum absolute atomic E-state index is 11.4. The lowest BCUT2D eigenvalue weighted by Gasteiger charge is -2.11. The minimum absolute atomic E-state index is 0.0392. The van der Waals surface area contributed by atoms with Crippen molar-refractivity contribution in [3.8, 4) is 0 Å². The van der Waals surface area contributed by atoms with Gasteiger partial charge < -0.3 is 0 Å². The summed E-state index contributed by atoms with van der Waals surface area (Å²) in [5.74, 6) is 4.97. The van der Waals surface area contributed by atoms with Crippen LogP contribution in [0.1, 0.15) is 0 Å². The Labute approximate surface area is 81.3 Å². The molecular weight excluding hydrogens is 206 g/mol. The summed E-state index contributed by atoms with van der Waals surface area (Å²) in [6.45, 7) is 0. The number of nitrogens with zero attached hydrogens (tertiary/aromatic N) is 1. The normalized spacial score (nSPS) is 10.9. The number of benzene rings is 1. The van der Waals surface area contributed by atoms with Gasteiger partial charge in [-0.15, -0.1) is 4.83 Å². The molecule has 1 aromatic carbocycles. The second-order valence-electron chi connectivity index (χ2n) is 2.42. The largest absolute Gasteiger partial charge is 0.276 e. The molecule has 6 nitrogen and oxygen atoms in total. The highest BCUT2D eigenvalue weighted by atomic mass is 32.2. The molecule has 0 saturated heterocycles. The van der Waals surface area contributed by atoms with Crippen molar-refractivity contribution in [1.82, 2.24) is 9.95 Å². The first-order chi connectivity index (χ1) is 6.56. The fraction of sp³-hybridized carbons (Fsp3) is 0. The van der Waals surface area contributed by atoms with Crippen LogP contribution in [0.15, 0.2) is 35.2 Å². The third-order valence-electron chi connectivity index (χ3n) is 1.39. The van der Waals surface area contributed by atoms with Crippen LogP contribution in [0.25, 0.3) is 0 Å². The number of carbonyl (C=O) groups is 1. The van der Waals surface area contributed by atoms with E-state index in [1.54, 1.807) is 18.2 Å². The van der Waals surface area contributed by atoms with E-state index in [0.717, 1.165) is 0 Å². The highest BCUT2D eigenvalue weighted by Crippen LogP contribution is 2.06. The summed E-state index contributed by atoms with van der Waals surface area (Å²) in [7, 11) is -3.75. The van der Waals surface area contributed by atoms with Crippen LogP contribution in [0.4, 0.5) is 0 Å². The summed E-state index contributed by atoms with van der Waals surface area (Å²) in [6.07, 6.45) is 0.153. The van der Waals surface area contributed by atoms with E-state index < -0.39 is 10.0 Å². The molecule has 0 bridgehead atoms. The molecule has 0 heterocycles. The van der Waals surface area contributed by atoms with Crippen LogP contribution in [0.2, 0.25) is 0 Å². The molecule has 0 unspecified atom stereocenters. The molecule has 0 fully saturated rings. The zero-order chi connectivity index (χ0) is 10.6. The van der Waals surface area contributed by atoms with Gasteiger partial charge in [-0.2, -0.15) is 5.12 Å². The van der Waals surface area contributed by atoms with Gasteiger partial charge in [-0.25, -0.2) is 14.3 Å². The van der Waals surface area contributed by atoms with Crippen molar-refractivity contribution in [1.29, 1.82) is 0 Å². The molecule has 0 aliphatic heterocycles. The number of hydrogen-bond acceptors (Lipinski definition) is 4. The lowest BCUT2D eigenvalue weighted by atomic mass is 10.4. The van der Waals surface area contributed by atoms with Gasteiger partial charge in [-0.1, -0.05) is 18.2 Å². The van der Waals surface area contributed by atoms with Crippen molar-refractivity contribution in [3.63, 3.8) is 0 Å². The van der Waals surface area contributed by atoms with Crippen LogP contribution < -0.4 is 10.7 Å². The summed E-state index contributed by atoms with van der Waals surface area (Å²) in [5.41, 5.74) is 0. The van der Waals surface area contributed by atoms with E-state index in [9.17, 15) is 13.2 Å². The molecule has 0 spiro atoms. The average Bonchev–Trinajstić information content (AvgIpc) is 2.18. The van der Waals surface area contributed by atoms with Gasteiger partial charge in [-0.3, -0.25) is 4.79 Å². The van der Waals surface area contributed by atoms with Gasteiger partial charge in [0.25, 0.3) is 10.0 Å². The molecule has 1 rings (SSSR count). The second kappa shape index (κ2) is 4.18. The lowest BCUT2D eigenvalue weighted by Crippen LogP contribution is -2.45. The predicted octanol–water partition coefficient (Wildman–Crippen LogP) is -0.788. The van der Waals surface area contributed by atoms with E-state index >= 15 is 0 Å². The van der Waals surface area contributed by atoms with Gasteiger partial charge in [0, 0.05) is 0 Å². The third-order valence-corrected chi connectivity index (χ3v) is 2.74. The standard InChI is InChI=1S/C7H9N3O3S/c8-10(6-11)9-14(12,13)7-4-2-1-3-5-7/h1-6,9H,8H2. The minimum Gasteiger partial charge on any atom is -0.276 e. The molecule has 14 heavy (non-hydrogen) atoms. The minimum atomic E-state index is -3.75. The fourth-order valence-electron chi connectivity index (χ4n) is 0.813. The first-order valence-electron chi connectivity index (χ1n) is 3.63. The number of sulfonamides is 1. The van der Waals surface area contributed by atoms with Crippen LogP contribution in [0, 0.1) is 0 Å². The lowest BCUT2D eigenvalue weighted by molar-refractivity contribution is -0.119. The number of hydrogen-bond donors (Lipinski definition) is 2. The van der Waals surface area contributed by atoms with Crippen LogP contribution in [0.3, 0.4) is 0 Å². The third kappa shape index (κ3) is 2.52. The van der Waals surface area contributed by atoms with Crippen LogP contribution in [0.5, 0.6) is 0 Å². The maximum Gasteiger partial charge on any atom is 0.258 e. The first kappa shape index (κ1) is 10.6. The topological polar surface area (TPSA) is 92.5 Å². The van der Waals surface area contributed by atoms with Crippen LogP contribution in [-0.2, 0) is 14.8 Å². The number of nitrogens with one attached hydrogen (secondary N) is 1. The highest BCUT2D eigenvalue weighted by Gasteiger charge is 2.14. The Hall–Kier alpha value is -1.44. The summed E-state index contributed by atoms with van der Waals surface area (Å²) in [4.78, 5) is 12.0. The number of rotatable bonds is 4. The molecule has 0 aliphatic carbocycles. The van der Waals surface area contributed by atoms with Crippen molar-refractivity contribution < 1.29 is 13.2 Å². The van der Waals surface area contributed by atoms with E-state index in [-0.39, 0.29) is 11.3 Å². The van der Waals surface area contributed by atoms with Gasteiger partial charge in [0.05, 0.1) is 4.90 Å². The number of hydrazine groups is 2. The highest BCUT2D eigenvalue weighted by molar-refractivity contribution is 7.89. The average molecular weight is 215 g/mol. The van der Waals surface area contributed by atoms with E-state index in [1.165, 1.54) is 12.1 Å². The van der Waals surface area contributed by atoms with Gasteiger partial charge in [0.15, 0.2) is 0 Å². The van der Waals surface area contributed by atoms with Gasteiger partial charge >= 0.3 is 0 Å². The van der Waals surface area contributed by atoms with Gasteiger partial charge in [0.1, 0.15) is 0 Å². The van der Waals surface area contributed by atoms with Crippen molar-refractivity contribution in [3.05, 3.63) is 30.3 Å². The van der Waals surface area contributed by atoms with Gasteiger partial charge in [0.2, 0.25) is 6.41 Å². The number of nitrogens with two attached hydrogens (primary N) is 1. The Bertz CT molecular complexity index is 403. The van der Waals surface area contributed by atoms with E-state index in [0.29, 0.717) is 5.12 Å². The Morgan fingerprint density at radius 2 is 1.86 bits per heavy atom. The SMILES string of the molecule is NN(C=O)NS(=O)(=O)c1ccccc1. The van der Waals surface area contributed by atoms with Crippen LogP contribution in [-0.4, -0.2) is 19.9 Å². The Balaban J connectivity index is 2.92. The molecule has 0 radical (unpaired) electrons. The molecule has 1 amide bonds. The van der Waals surface area contributed by atoms with Gasteiger partial charge in [-0.05, 0) is 12.1 Å². The molecule has 0 saturated carbocycles. The molecule has 7 heteroatoms. The summed E-state index contributed by atoms with van der Waals surface area (Å²) in [5, 5.41) is 0.336. The molecule has 1 aromatic rings. The van der Waals surface area contributed by atoms with Crippen LogP contribution >= 0.6 is 0 Å². The van der Waals surface area contributed by atoms with E-state index in [4.69, 9.17) is 5.84 Å². The molecule has 3 N–H and O–H groups in total. The number of carbonyl (C=O) groups excluding carboxylic acids is 1. The maximum atomic E-state index is 11.4. The van der Waals surface area contributed by atoms with Crippen molar-refractivity contribution in [2.24, 2.45) is 5.84 Å². The fourth-order valence-corrected chi connectivity index (χ4v) is 1.75. The van der Waals surface area contributed by atoms with Crippen molar-refractivity contribution >= 4 is 16.4 Å². The number of amides is 1. The molecule has 76 valence electrons. The van der Waals surface area contributed by atoms with E-state index in [2.05, 4.69) is 0 Å². The monoisotopic (exact) mass is 215 g/mol. The molecule has 0 atom stereocenters. The molecule has 0 aliphatic rings. The first-order valence-corrected chi connectivity index (χ1v) is 5.11. The Morgan fingerprint density at radius 3 is 2.36 bits per heavy atom. The second-order valence-corrected chi connectivity index (χ2v) is 4.08. The summed E-state index contributed by atoms with van der Waals surface area (Å²) >= 11 is 0. The van der Waals surface area contributed by atoms with E-state index in [1.807, 2.05) is 4.83 Å². The predicted molar refractivity (Wildman–Crippen MR) is 48.9 cm³/mol. The Kier molecular flexibility index (Phi) is 3.18. The van der Waals surface area contributed by atoms with Crippen molar-refractivity contribution in [2.45, 2.75) is 4.90 Å². The zero-order valence-electron chi connectivity index (χ0n) is 7.12. The molecule has 0 aromatic heterocycles. The quantitative estimate of drug-likeness (QED) is 0.298. The smallest absolute Gasteiger partial charge is 0.258 e.